The fourth-order valence-corrected chi connectivity index (χ4v) is 2.83. The summed E-state index contributed by atoms with van der Waals surface area (Å²) in [4.78, 5) is 23.2. The molecule has 26 heavy (non-hydrogen) atoms. The van der Waals surface area contributed by atoms with Crippen molar-refractivity contribution in [1.29, 1.82) is 0 Å². The van der Waals surface area contributed by atoms with Crippen LogP contribution in [0.5, 0.6) is 5.75 Å². The largest absolute Gasteiger partial charge is 0.492 e. The van der Waals surface area contributed by atoms with Crippen LogP contribution in [0.2, 0.25) is 0 Å². The van der Waals surface area contributed by atoms with E-state index in [1.807, 2.05) is 6.92 Å². The van der Waals surface area contributed by atoms with E-state index >= 15 is 0 Å². The molecule has 0 aliphatic heterocycles. The molecule has 6 heteroatoms. The van der Waals surface area contributed by atoms with Gasteiger partial charge in [0.2, 0.25) is 0 Å². The van der Waals surface area contributed by atoms with E-state index < -0.39 is 0 Å². The zero-order chi connectivity index (χ0) is 18.1. The highest BCUT2D eigenvalue weighted by Gasteiger charge is 2.24. The Morgan fingerprint density at radius 2 is 2.15 bits per heavy atom. The number of ether oxygens (including phenoxy) is 1. The Morgan fingerprint density at radius 3 is 2.92 bits per heavy atom. The topological polar surface area (TPSA) is 67.9 Å². The summed E-state index contributed by atoms with van der Waals surface area (Å²) < 4.78 is 19.6. The molecule has 0 amide bonds. The van der Waals surface area contributed by atoms with Crippen LogP contribution >= 0.6 is 0 Å². The zero-order valence-electron chi connectivity index (χ0n) is 14.3. The third kappa shape index (κ3) is 3.35. The summed E-state index contributed by atoms with van der Waals surface area (Å²) in [7, 11) is 0. The third-order valence-electron chi connectivity index (χ3n) is 4.37. The van der Waals surface area contributed by atoms with Crippen molar-refractivity contribution >= 4 is 6.29 Å². The third-order valence-corrected chi connectivity index (χ3v) is 4.37. The van der Waals surface area contributed by atoms with Crippen molar-refractivity contribution in [2.45, 2.75) is 19.8 Å². The Hall–Kier alpha value is -3.02. The van der Waals surface area contributed by atoms with Gasteiger partial charge in [-0.25, -0.2) is 9.37 Å². The van der Waals surface area contributed by atoms with Crippen LogP contribution in [0.25, 0.3) is 22.6 Å². The number of aldehydes is 1. The number of aryl methyl sites for hydroxylation is 1. The number of hydrogen-bond donors (Lipinski definition) is 1. The number of carbonyl (C=O) groups is 1. The summed E-state index contributed by atoms with van der Waals surface area (Å²) in [6.45, 7) is 2.42. The maximum atomic E-state index is 13.8. The van der Waals surface area contributed by atoms with Gasteiger partial charge in [0, 0.05) is 23.4 Å². The molecular formula is C20H18FN3O2. The molecule has 0 unspecified atom stereocenters. The minimum Gasteiger partial charge on any atom is -0.492 e. The van der Waals surface area contributed by atoms with Crippen LogP contribution in [0.1, 0.15) is 29.0 Å². The number of halogens is 1. The van der Waals surface area contributed by atoms with Gasteiger partial charge in [0.25, 0.3) is 0 Å². The Kier molecular flexibility index (Phi) is 4.24. The SMILES string of the molecule is Cc1nc(-c2ccc(F)cc2OCC2CC2)c(-c2cc(C=O)ccn2)[nH]1. The van der Waals surface area contributed by atoms with Crippen LogP contribution in [-0.2, 0) is 0 Å². The van der Waals surface area contributed by atoms with E-state index in [1.165, 1.54) is 12.1 Å². The quantitative estimate of drug-likeness (QED) is 0.676. The first kappa shape index (κ1) is 16.4. The monoisotopic (exact) mass is 351 g/mol. The molecule has 0 spiro atoms. The first-order valence-corrected chi connectivity index (χ1v) is 8.55. The lowest BCUT2D eigenvalue weighted by Crippen LogP contribution is -2.01. The number of nitrogens with zero attached hydrogens (tertiary/aromatic N) is 2. The highest BCUT2D eigenvalue weighted by Crippen LogP contribution is 2.37. The number of pyridine rings is 1. The predicted octanol–water partition coefficient (Wildman–Crippen LogP) is 4.19. The van der Waals surface area contributed by atoms with Crippen molar-refractivity contribution in [2.75, 3.05) is 6.61 Å². The number of benzene rings is 1. The van der Waals surface area contributed by atoms with E-state index in [4.69, 9.17) is 4.74 Å². The number of H-pyrrole nitrogens is 1. The molecule has 2 heterocycles. The number of hydrogen-bond acceptors (Lipinski definition) is 4. The van der Waals surface area contributed by atoms with Gasteiger partial charge < -0.3 is 9.72 Å². The van der Waals surface area contributed by atoms with Crippen LogP contribution in [0, 0.1) is 18.7 Å². The highest BCUT2D eigenvalue weighted by atomic mass is 19.1. The van der Waals surface area contributed by atoms with Crippen LogP contribution in [0.3, 0.4) is 0 Å². The van der Waals surface area contributed by atoms with Gasteiger partial charge in [0.15, 0.2) is 0 Å². The lowest BCUT2D eigenvalue weighted by Gasteiger charge is -2.11. The van der Waals surface area contributed by atoms with Crippen molar-refractivity contribution < 1.29 is 13.9 Å². The Bertz CT molecular complexity index is 963. The van der Waals surface area contributed by atoms with Crippen LogP contribution in [0.15, 0.2) is 36.5 Å². The molecule has 1 aliphatic carbocycles. The second-order valence-electron chi connectivity index (χ2n) is 6.53. The molecule has 1 N–H and O–H groups in total. The molecule has 132 valence electrons. The molecule has 1 aliphatic rings. The Morgan fingerprint density at radius 1 is 1.31 bits per heavy atom. The second kappa shape index (κ2) is 6.71. The van der Waals surface area contributed by atoms with Crippen LogP contribution in [0.4, 0.5) is 4.39 Å². The van der Waals surface area contributed by atoms with Gasteiger partial charge in [0.1, 0.15) is 29.4 Å². The molecule has 1 fully saturated rings. The van der Waals surface area contributed by atoms with Gasteiger partial charge in [-0.3, -0.25) is 9.78 Å². The summed E-state index contributed by atoms with van der Waals surface area (Å²) >= 11 is 0. The second-order valence-corrected chi connectivity index (χ2v) is 6.53. The molecule has 4 rings (SSSR count). The smallest absolute Gasteiger partial charge is 0.150 e. The predicted molar refractivity (Wildman–Crippen MR) is 95.6 cm³/mol. The average Bonchev–Trinajstić information content (AvgIpc) is 3.40. The maximum Gasteiger partial charge on any atom is 0.150 e. The van der Waals surface area contributed by atoms with Crippen molar-refractivity contribution in [3.8, 4) is 28.4 Å². The number of rotatable bonds is 6. The minimum absolute atomic E-state index is 0.352. The first-order valence-electron chi connectivity index (χ1n) is 8.55. The van der Waals surface area contributed by atoms with Crippen molar-refractivity contribution in [1.82, 2.24) is 15.0 Å². The molecular weight excluding hydrogens is 333 g/mol. The molecule has 0 bridgehead atoms. The number of aromatic nitrogens is 3. The lowest BCUT2D eigenvalue weighted by atomic mass is 10.1. The molecule has 1 aromatic carbocycles. The standard InChI is InChI=1S/C20H18FN3O2/c1-12-23-19(20(24-12)17-8-14(10-25)6-7-22-17)16-5-4-15(21)9-18(16)26-11-13-2-3-13/h4-10,13H,2-3,11H2,1H3,(H,23,24). The number of nitrogens with one attached hydrogen (secondary N) is 1. The number of aromatic amines is 1. The Labute approximate surface area is 150 Å². The van der Waals surface area contributed by atoms with Crippen LogP contribution < -0.4 is 4.74 Å². The molecule has 1 saturated carbocycles. The van der Waals surface area contributed by atoms with Gasteiger partial charge in [-0.2, -0.15) is 0 Å². The van der Waals surface area contributed by atoms with E-state index in [0.29, 0.717) is 52.3 Å². The highest BCUT2D eigenvalue weighted by molar-refractivity contribution is 5.83. The normalized spacial score (nSPS) is 13.6. The molecule has 0 radical (unpaired) electrons. The van der Waals surface area contributed by atoms with Gasteiger partial charge in [-0.05, 0) is 49.9 Å². The number of imidazole rings is 1. The summed E-state index contributed by atoms with van der Waals surface area (Å²) in [6, 6.07) is 7.78. The molecule has 5 nitrogen and oxygen atoms in total. The first-order chi connectivity index (χ1) is 12.6. The molecule has 0 atom stereocenters. The fraction of sp³-hybridized carbons (Fsp3) is 0.250. The maximum absolute atomic E-state index is 13.8. The van der Waals surface area contributed by atoms with Gasteiger partial charge in [-0.15, -0.1) is 0 Å². The molecule has 0 saturated heterocycles. The minimum atomic E-state index is -0.352. The van der Waals surface area contributed by atoms with Gasteiger partial charge in [-0.1, -0.05) is 0 Å². The summed E-state index contributed by atoms with van der Waals surface area (Å²) in [5.74, 6) is 1.37. The number of carbonyl (C=O) groups excluding carboxylic acids is 1. The van der Waals surface area contributed by atoms with Gasteiger partial charge in [0.05, 0.1) is 18.0 Å². The molecule has 3 aromatic rings. The Balaban J connectivity index is 1.79. The zero-order valence-corrected chi connectivity index (χ0v) is 14.3. The molecule has 2 aromatic heterocycles. The van der Waals surface area contributed by atoms with Crippen molar-refractivity contribution in [3.05, 3.63) is 53.7 Å². The lowest BCUT2D eigenvalue weighted by molar-refractivity contribution is 0.112. The van der Waals surface area contributed by atoms with Crippen molar-refractivity contribution in [3.63, 3.8) is 0 Å². The van der Waals surface area contributed by atoms with Crippen molar-refractivity contribution in [2.24, 2.45) is 5.92 Å². The summed E-state index contributed by atoms with van der Waals surface area (Å²) in [6.07, 6.45) is 4.66. The summed E-state index contributed by atoms with van der Waals surface area (Å²) in [5, 5.41) is 0. The van der Waals surface area contributed by atoms with E-state index in [2.05, 4.69) is 15.0 Å². The van der Waals surface area contributed by atoms with Gasteiger partial charge >= 0.3 is 0 Å². The van der Waals surface area contributed by atoms with Crippen LogP contribution in [-0.4, -0.2) is 27.8 Å². The van der Waals surface area contributed by atoms with E-state index in [-0.39, 0.29) is 5.82 Å². The van der Waals surface area contributed by atoms with E-state index in [1.54, 1.807) is 24.4 Å². The van der Waals surface area contributed by atoms with E-state index in [9.17, 15) is 9.18 Å². The fourth-order valence-electron chi connectivity index (χ4n) is 2.83. The summed E-state index contributed by atoms with van der Waals surface area (Å²) in [5.41, 5.74) is 3.13. The van der Waals surface area contributed by atoms with E-state index in [0.717, 1.165) is 19.1 Å². The average molecular weight is 351 g/mol.